The molecule has 0 unspecified atom stereocenters. The number of β-lactam (4-membered cyclic amide) rings is 1. The summed E-state index contributed by atoms with van der Waals surface area (Å²) in [7, 11) is 2.00. The molecule has 9 heavy (non-hydrogen) atoms. The minimum Gasteiger partial charge on any atom is -0.350 e. The van der Waals surface area contributed by atoms with Crippen LogP contribution in [0.5, 0.6) is 0 Å². The number of rotatable bonds is 0. The summed E-state index contributed by atoms with van der Waals surface area (Å²) in [6, 6.07) is 0.687. The first kappa shape index (κ1) is 5.23. The van der Waals surface area contributed by atoms with Gasteiger partial charge in [0.2, 0.25) is 5.91 Å². The summed E-state index contributed by atoms with van der Waals surface area (Å²) in [5, 5.41) is 2.85. The molecule has 0 aromatic carbocycles. The fourth-order valence-corrected chi connectivity index (χ4v) is 1.65. The first-order valence-corrected chi connectivity index (χ1v) is 3.29. The van der Waals surface area contributed by atoms with Crippen LogP contribution in [0.4, 0.5) is 0 Å². The summed E-state index contributed by atoms with van der Waals surface area (Å²) in [6.07, 6.45) is 1.13. The SMILES string of the molecule is CN1CC[C@H]2NC(=O)[C@H]21. The van der Waals surface area contributed by atoms with Crippen molar-refractivity contribution in [2.24, 2.45) is 0 Å². The van der Waals surface area contributed by atoms with Crippen molar-refractivity contribution in [3.8, 4) is 0 Å². The van der Waals surface area contributed by atoms with Crippen molar-refractivity contribution in [1.82, 2.24) is 10.2 Å². The molecule has 3 heteroatoms. The van der Waals surface area contributed by atoms with E-state index in [2.05, 4.69) is 10.2 Å². The van der Waals surface area contributed by atoms with E-state index in [4.69, 9.17) is 0 Å². The molecule has 0 aromatic heterocycles. The zero-order valence-corrected chi connectivity index (χ0v) is 5.42. The molecular weight excluding hydrogens is 116 g/mol. The van der Waals surface area contributed by atoms with Crippen LogP contribution in [0.15, 0.2) is 0 Å². The lowest BCUT2D eigenvalue weighted by Crippen LogP contribution is -2.63. The van der Waals surface area contributed by atoms with Crippen LogP contribution in [0.3, 0.4) is 0 Å². The number of fused-ring (bicyclic) bond motifs is 1. The van der Waals surface area contributed by atoms with E-state index < -0.39 is 0 Å². The zero-order chi connectivity index (χ0) is 6.43. The number of likely N-dealkylation sites (N-methyl/N-ethyl adjacent to an activating group) is 1. The smallest absolute Gasteiger partial charge is 0.239 e. The minimum atomic E-state index is 0.208. The lowest BCUT2D eigenvalue weighted by atomic mass is 10.0. The van der Waals surface area contributed by atoms with Crippen molar-refractivity contribution in [2.75, 3.05) is 13.6 Å². The maximum Gasteiger partial charge on any atom is 0.239 e. The first-order chi connectivity index (χ1) is 4.29. The van der Waals surface area contributed by atoms with E-state index in [1.54, 1.807) is 0 Å². The highest BCUT2D eigenvalue weighted by Crippen LogP contribution is 2.22. The topological polar surface area (TPSA) is 32.3 Å². The predicted molar refractivity (Wildman–Crippen MR) is 33.0 cm³/mol. The quantitative estimate of drug-likeness (QED) is 0.430. The number of hydrogen-bond acceptors (Lipinski definition) is 2. The molecule has 50 valence electrons. The molecule has 0 aromatic rings. The van der Waals surface area contributed by atoms with E-state index in [0.29, 0.717) is 6.04 Å². The van der Waals surface area contributed by atoms with E-state index in [1.807, 2.05) is 7.05 Å². The second kappa shape index (κ2) is 1.48. The Morgan fingerprint density at radius 2 is 2.56 bits per heavy atom. The highest BCUT2D eigenvalue weighted by molar-refractivity contribution is 5.89. The second-order valence-corrected chi connectivity index (χ2v) is 2.83. The average molecular weight is 126 g/mol. The molecule has 0 radical (unpaired) electrons. The Morgan fingerprint density at radius 3 is 3.00 bits per heavy atom. The molecule has 2 aliphatic rings. The molecule has 2 atom stereocenters. The molecule has 0 saturated carbocycles. The minimum absolute atomic E-state index is 0.208. The lowest BCUT2D eigenvalue weighted by molar-refractivity contribution is -0.133. The monoisotopic (exact) mass is 126 g/mol. The van der Waals surface area contributed by atoms with E-state index in [9.17, 15) is 4.79 Å². The Bertz CT molecular complexity index is 151. The van der Waals surface area contributed by atoms with Crippen LogP contribution in [-0.2, 0) is 4.79 Å². The molecule has 0 aliphatic carbocycles. The zero-order valence-electron chi connectivity index (χ0n) is 5.42. The molecule has 2 saturated heterocycles. The number of nitrogens with one attached hydrogen (secondary N) is 1. The van der Waals surface area contributed by atoms with Gasteiger partial charge in [-0.15, -0.1) is 0 Å². The number of carbonyl (C=O) groups excluding carboxylic acids is 1. The van der Waals surface area contributed by atoms with Gasteiger partial charge in [0.05, 0.1) is 6.04 Å². The summed E-state index contributed by atoms with van der Waals surface area (Å²) in [6.45, 7) is 1.06. The third-order valence-corrected chi connectivity index (χ3v) is 2.25. The van der Waals surface area contributed by atoms with E-state index in [0.717, 1.165) is 13.0 Å². The van der Waals surface area contributed by atoms with Crippen molar-refractivity contribution >= 4 is 5.91 Å². The van der Waals surface area contributed by atoms with Crippen molar-refractivity contribution in [3.63, 3.8) is 0 Å². The molecule has 2 fully saturated rings. The third kappa shape index (κ3) is 0.525. The summed E-state index contributed by atoms with van der Waals surface area (Å²) in [4.78, 5) is 12.9. The van der Waals surface area contributed by atoms with Crippen LogP contribution in [-0.4, -0.2) is 36.5 Å². The summed E-state index contributed by atoms with van der Waals surface area (Å²) < 4.78 is 0. The van der Waals surface area contributed by atoms with Crippen LogP contribution >= 0.6 is 0 Å². The Hall–Kier alpha value is -0.570. The summed E-state index contributed by atoms with van der Waals surface area (Å²) >= 11 is 0. The van der Waals surface area contributed by atoms with Gasteiger partial charge < -0.3 is 5.32 Å². The Labute approximate surface area is 54.0 Å². The molecule has 1 amide bonds. The van der Waals surface area contributed by atoms with Gasteiger partial charge in [-0.05, 0) is 13.5 Å². The number of likely N-dealkylation sites (tertiary alicyclic amines) is 1. The van der Waals surface area contributed by atoms with Gasteiger partial charge in [-0.25, -0.2) is 0 Å². The van der Waals surface area contributed by atoms with Crippen molar-refractivity contribution in [2.45, 2.75) is 18.5 Å². The fourth-order valence-electron chi connectivity index (χ4n) is 1.65. The van der Waals surface area contributed by atoms with Gasteiger partial charge in [0.25, 0.3) is 0 Å². The normalized spacial score (nSPS) is 41.7. The van der Waals surface area contributed by atoms with Crippen molar-refractivity contribution in [3.05, 3.63) is 0 Å². The van der Waals surface area contributed by atoms with Crippen LogP contribution in [0, 0.1) is 0 Å². The largest absolute Gasteiger partial charge is 0.350 e. The average Bonchev–Trinajstić information content (AvgIpc) is 2.04. The molecule has 1 N–H and O–H groups in total. The third-order valence-electron chi connectivity index (χ3n) is 2.25. The van der Waals surface area contributed by atoms with Gasteiger partial charge in [-0.3, -0.25) is 9.69 Å². The highest BCUT2D eigenvalue weighted by Gasteiger charge is 2.45. The van der Waals surface area contributed by atoms with Crippen LogP contribution in [0.25, 0.3) is 0 Å². The molecular formula is C6H10N2O. The van der Waals surface area contributed by atoms with Gasteiger partial charge in [0, 0.05) is 6.54 Å². The molecule has 2 heterocycles. The summed E-state index contributed by atoms with van der Waals surface area (Å²) in [5.74, 6) is 0.208. The molecule has 0 spiro atoms. The van der Waals surface area contributed by atoms with E-state index in [1.165, 1.54) is 0 Å². The Morgan fingerprint density at radius 1 is 1.78 bits per heavy atom. The van der Waals surface area contributed by atoms with Gasteiger partial charge >= 0.3 is 0 Å². The molecule has 0 bridgehead atoms. The Kier molecular flexibility index (Phi) is 0.858. The summed E-state index contributed by atoms with van der Waals surface area (Å²) in [5.41, 5.74) is 0. The maximum atomic E-state index is 10.8. The van der Waals surface area contributed by atoms with Crippen LogP contribution in [0.1, 0.15) is 6.42 Å². The lowest BCUT2D eigenvalue weighted by Gasteiger charge is -2.33. The number of hydrogen-bond donors (Lipinski definition) is 1. The van der Waals surface area contributed by atoms with Crippen LogP contribution in [0.2, 0.25) is 0 Å². The highest BCUT2D eigenvalue weighted by atomic mass is 16.2. The predicted octanol–water partition coefficient (Wildman–Crippen LogP) is -0.811. The first-order valence-electron chi connectivity index (χ1n) is 3.29. The Balaban J connectivity index is 2.14. The second-order valence-electron chi connectivity index (χ2n) is 2.83. The maximum absolute atomic E-state index is 10.8. The van der Waals surface area contributed by atoms with Gasteiger partial charge in [0.15, 0.2) is 0 Å². The number of nitrogens with zero attached hydrogens (tertiary/aromatic N) is 1. The van der Waals surface area contributed by atoms with Gasteiger partial charge in [0.1, 0.15) is 6.04 Å². The van der Waals surface area contributed by atoms with Crippen molar-refractivity contribution < 1.29 is 4.79 Å². The number of amides is 1. The van der Waals surface area contributed by atoms with Crippen molar-refractivity contribution in [1.29, 1.82) is 0 Å². The standard InChI is InChI=1S/C6H10N2O/c1-8-3-2-4-5(8)6(9)7-4/h4-5H,2-3H2,1H3,(H,7,9)/t4-,5+/m1/s1. The molecule has 3 nitrogen and oxygen atoms in total. The van der Waals surface area contributed by atoms with Gasteiger partial charge in [-0.2, -0.15) is 0 Å². The van der Waals surface area contributed by atoms with Gasteiger partial charge in [-0.1, -0.05) is 0 Å². The fraction of sp³-hybridized carbons (Fsp3) is 0.833. The molecule has 2 rings (SSSR count). The van der Waals surface area contributed by atoms with E-state index in [-0.39, 0.29) is 11.9 Å². The molecule has 2 aliphatic heterocycles. The van der Waals surface area contributed by atoms with E-state index >= 15 is 0 Å². The number of carbonyl (C=O) groups is 1. The van der Waals surface area contributed by atoms with Crippen LogP contribution < -0.4 is 5.32 Å².